The normalized spacial score (nSPS) is 15.7. The van der Waals surface area contributed by atoms with Crippen LogP contribution in [-0.4, -0.2) is 31.8 Å². The zero-order valence-electron chi connectivity index (χ0n) is 13.6. The number of hydrogen-bond donors (Lipinski definition) is 0. The van der Waals surface area contributed by atoms with Crippen molar-refractivity contribution in [3.05, 3.63) is 34.4 Å². The van der Waals surface area contributed by atoms with E-state index in [0.29, 0.717) is 11.5 Å². The maximum absolute atomic E-state index is 11.9. The van der Waals surface area contributed by atoms with Crippen LogP contribution in [0.3, 0.4) is 0 Å². The molecule has 0 aliphatic heterocycles. The second-order valence-electron chi connectivity index (χ2n) is 6.44. The number of carbonyl (C=O) groups is 1. The first kappa shape index (κ1) is 16.0. The highest BCUT2D eigenvalue weighted by Crippen LogP contribution is 2.39. The number of methoxy groups -OCH3 is 1. The number of aryl methyl sites for hydroxylation is 1. The Morgan fingerprint density at radius 2 is 1.95 bits per heavy atom. The third-order valence-corrected chi connectivity index (χ3v) is 4.55. The Morgan fingerprint density at radius 1 is 1.29 bits per heavy atom. The van der Waals surface area contributed by atoms with Crippen molar-refractivity contribution in [2.75, 3.05) is 25.9 Å². The Hall–Kier alpha value is -1.40. The summed E-state index contributed by atoms with van der Waals surface area (Å²) in [4.78, 5) is 11.9. The van der Waals surface area contributed by atoms with Gasteiger partial charge in [-0.1, -0.05) is 18.4 Å². The molecule has 2 rings (SSSR count). The smallest absolute Gasteiger partial charge is 0.338 e. The molecule has 21 heavy (non-hydrogen) atoms. The van der Waals surface area contributed by atoms with E-state index < -0.39 is 10.0 Å². The lowest BCUT2D eigenvalue weighted by Gasteiger charge is -2.28. The predicted molar refractivity (Wildman–Crippen MR) is 91.4 cm³/mol. The number of benzene rings is 1. The third-order valence-electron chi connectivity index (χ3n) is 3.84. The zero-order valence-corrected chi connectivity index (χ0v) is 14.4. The second kappa shape index (κ2) is 6.15. The molecule has 1 fully saturated rings. The van der Waals surface area contributed by atoms with Crippen LogP contribution >= 0.6 is 10.0 Å². The number of esters is 1. The minimum absolute atomic E-state index is 0.279. The lowest BCUT2D eigenvalue weighted by atomic mass is 9.77. The summed E-state index contributed by atoms with van der Waals surface area (Å²) in [5.74, 6) is 3.66. The summed E-state index contributed by atoms with van der Waals surface area (Å²) in [6, 6.07) is 4.06. The fourth-order valence-corrected chi connectivity index (χ4v) is 2.85. The molecule has 0 atom stereocenters. The maximum atomic E-state index is 11.9. The quantitative estimate of drug-likeness (QED) is 0.608. The molecular formula is C18H24O2S. The van der Waals surface area contributed by atoms with E-state index >= 15 is 0 Å². The number of rotatable bonds is 2. The highest BCUT2D eigenvalue weighted by Gasteiger charge is 2.24. The van der Waals surface area contributed by atoms with Gasteiger partial charge in [-0.2, -0.15) is 10.0 Å². The van der Waals surface area contributed by atoms with Crippen molar-refractivity contribution in [3.8, 4) is 11.2 Å². The van der Waals surface area contributed by atoms with Crippen LogP contribution in [0.2, 0.25) is 0 Å². The van der Waals surface area contributed by atoms with E-state index in [4.69, 9.17) is 4.74 Å². The van der Waals surface area contributed by atoms with E-state index in [1.165, 1.54) is 31.9 Å². The summed E-state index contributed by atoms with van der Waals surface area (Å²) >= 11 is 0. The molecule has 114 valence electrons. The van der Waals surface area contributed by atoms with Gasteiger partial charge in [-0.3, -0.25) is 0 Å². The standard InChI is InChI=1S/C18H24O2S/c1-13-11-17(14-7-6-8-14)15(9-10-21(3,4)5)12-16(13)18(19)20-2/h11-12,14H,6-8H2,1-5H3. The zero-order chi connectivity index (χ0) is 15.6. The molecular weight excluding hydrogens is 280 g/mol. The topological polar surface area (TPSA) is 26.3 Å². The van der Waals surface area contributed by atoms with Gasteiger partial charge in [-0.05, 0) is 66.9 Å². The van der Waals surface area contributed by atoms with Crippen LogP contribution in [0.15, 0.2) is 12.1 Å². The number of hydrogen-bond acceptors (Lipinski definition) is 2. The van der Waals surface area contributed by atoms with E-state index in [1.54, 1.807) is 0 Å². The van der Waals surface area contributed by atoms with Crippen molar-refractivity contribution in [2.45, 2.75) is 32.1 Å². The number of carbonyl (C=O) groups excluding carboxylic acids is 1. The molecule has 3 heteroatoms. The van der Waals surface area contributed by atoms with Gasteiger partial charge >= 0.3 is 5.97 Å². The van der Waals surface area contributed by atoms with Crippen molar-refractivity contribution in [1.29, 1.82) is 0 Å². The van der Waals surface area contributed by atoms with E-state index in [2.05, 4.69) is 36.0 Å². The Morgan fingerprint density at radius 3 is 2.43 bits per heavy atom. The average Bonchev–Trinajstić information content (AvgIpc) is 2.33. The largest absolute Gasteiger partial charge is 0.465 e. The first-order valence-corrected chi connectivity index (χ1v) is 10.1. The van der Waals surface area contributed by atoms with Crippen molar-refractivity contribution < 1.29 is 9.53 Å². The van der Waals surface area contributed by atoms with Gasteiger partial charge in [0.2, 0.25) is 0 Å². The van der Waals surface area contributed by atoms with Crippen LogP contribution in [0, 0.1) is 18.1 Å². The van der Waals surface area contributed by atoms with Gasteiger partial charge in [0.15, 0.2) is 0 Å². The van der Waals surface area contributed by atoms with Crippen molar-refractivity contribution in [2.24, 2.45) is 0 Å². The molecule has 0 heterocycles. The summed E-state index contributed by atoms with van der Waals surface area (Å²) < 4.78 is 4.88. The molecule has 1 saturated carbocycles. The van der Waals surface area contributed by atoms with E-state index in [0.717, 1.165) is 11.1 Å². The number of ether oxygens (including phenoxy) is 1. The Bertz CT molecular complexity index is 611. The summed E-state index contributed by atoms with van der Waals surface area (Å²) in [6.45, 7) is 1.97. The van der Waals surface area contributed by atoms with Crippen LogP contribution < -0.4 is 0 Å². The molecule has 1 aliphatic rings. The fourth-order valence-electron chi connectivity index (χ4n) is 2.43. The lowest BCUT2D eigenvalue weighted by molar-refractivity contribution is 0.0600. The summed E-state index contributed by atoms with van der Waals surface area (Å²) in [5.41, 5.74) is 3.93. The average molecular weight is 304 g/mol. The molecule has 1 aliphatic carbocycles. The van der Waals surface area contributed by atoms with E-state index in [9.17, 15) is 4.79 Å². The first-order valence-electron chi connectivity index (χ1n) is 7.26. The summed E-state index contributed by atoms with van der Waals surface area (Å²) in [5, 5.41) is 3.37. The van der Waals surface area contributed by atoms with E-state index in [-0.39, 0.29) is 5.97 Å². The highest BCUT2D eigenvalue weighted by atomic mass is 32.3. The molecule has 1 aromatic rings. The minimum Gasteiger partial charge on any atom is -0.465 e. The first-order chi connectivity index (χ1) is 9.81. The fraction of sp³-hybridized carbons (Fsp3) is 0.500. The summed E-state index contributed by atoms with van der Waals surface area (Å²) in [7, 11) is 0.543. The molecule has 0 aromatic heterocycles. The predicted octanol–water partition coefficient (Wildman–Crippen LogP) is 4.05. The van der Waals surface area contributed by atoms with Crippen LogP contribution in [0.5, 0.6) is 0 Å². The molecule has 0 unspecified atom stereocenters. The SMILES string of the molecule is COC(=O)c1cc(C#CS(C)(C)C)c(C2CCC2)cc1C. The minimum atomic E-state index is -0.880. The van der Waals surface area contributed by atoms with Crippen LogP contribution in [0.25, 0.3) is 0 Å². The molecule has 0 N–H and O–H groups in total. The van der Waals surface area contributed by atoms with E-state index in [1.807, 2.05) is 13.0 Å². The Kier molecular flexibility index (Phi) is 4.68. The van der Waals surface area contributed by atoms with Crippen LogP contribution in [-0.2, 0) is 4.74 Å². The Balaban J connectivity index is 2.51. The van der Waals surface area contributed by atoms with Crippen molar-refractivity contribution >= 4 is 16.0 Å². The monoisotopic (exact) mass is 304 g/mol. The van der Waals surface area contributed by atoms with Crippen LogP contribution in [0.1, 0.15) is 52.2 Å². The van der Waals surface area contributed by atoms with Gasteiger partial charge in [-0.25, -0.2) is 4.79 Å². The van der Waals surface area contributed by atoms with Crippen molar-refractivity contribution in [3.63, 3.8) is 0 Å². The molecule has 0 radical (unpaired) electrons. The summed E-state index contributed by atoms with van der Waals surface area (Å²) in [6.07, 6.45) is 10.3. The van der Waals surface area contributed by atoms with Gasteiger partial charge in [0.25, 0.3) is 0 Å². The highest BCUT2D eigenvalue weighted by molar-refractivity contribution is 8.35. The van der Waals surface area contributed by atoms with Crippen LogP contribution in [0.4, 0.5) is 0 Å². The Labute approximate surface area is 129 Å². The molecule has 0 amide bonds. The van der Waals surface area contributed by atoms with Gasteiger partial charge in [0.1, 0.15) is 0 Å². The lowest BCUT2D eigenvalue weighted by Crippen LogP contribution is -2.13. The van der Waals surface area contributed by atoms with Gasteiger partial charge in [0, 0.05) is 5.56 Å². The molecule has 0 bridgehead atoms. The van der Waals surface area contributed by atoms with Gasteiger partial charge in [0.05, 0.1) is 12.7 Å². The maximum Gasteiger partial charge on any atom is 0.338 e. The van der Waals surface area contributed by atoms with Gasteiger partial charge < -0.3 is 4.74 Å². The second-order valence-corrected chi connectivity index (χ2v) is 10.3. The third kappa shape index (κ3) is 3.83. The van der Waals surface area contributed by atoms with Gasteiger partial charge in [-0.15, -0.1) is 0 Å². The molecule has 1 aromatic carbocycles. The molecule has 0 spiro atoms. The molecule has 0 saturated heterocycles. The molecule has 2 nitrogen and oxygen atoms in total. The van der Waals surface area contributed by atoms with Crippen molar-refractivity contribution in [1.82, 2.24) is 0 Å².